The van der Waals surface area contributed by atoms with Gasteiger partial charge in [0.2, 0.25) is 0 Å². The average molecular weight is 212 g/mol. The molecule has 78 valence electrons. The summed E-state index contributed by atoms with van der Waals surface area (Å²) < 4.78 is 0. The molecule has 0 saturated heterocycles. The van der Waals surface area contributed by atoms with Gasteiger partial charge in [0.15, 0.2) is 0 Å². The van der Waals surface area contributed by atoms with Gasteiger partial charge in [-0.2, -0.15) is 11.3 Å². The largest absolute Gasteiger partial charge is 0.481 e. The summed E-state index contributed by atoms with van der Waals surface area (Å²) >= 11 is 1.66. The van der Waals surface area contributed by atoms with Crippen molar-refractivity contribution >= 4 is 17.3 Å². The molecule has 14 heavy (non-hydrogen) atoms. The van der Waals surface area contributed by atoms with Crippen LogP contribution in [0.5, 0.6) is 0 Å². The van der Waals surface area contributed by atoms with E-state index < -0.39 is 5.97 Å². The molecule has 0 aliphatic rings. The third-order valence-corrected chi connectivity index (χ3v) is 3.18. The van der Waals surface area contributed by atoms with E-state index >= 15 is 0 Å². The molecule has 1 unspecified atom stereocenters. The number of carbonyl (C=O) groups is 1. The maximum atomic E-state index is 10.9. The van der Waals surface area contributed by atoms with Gasteiger partial charge in [-0.25, -0.2) is 0 Å². The van der Waals surface area contributed by atoms with Gasteiger partial charge < -0.3 is 5.11 Å². The van der Waals surface area contributed by atoms with Crippen LogP contribution in [0.2, 0.25) is 0 Å². The Labute approximate surface area is 88.6 Å². The predicted octanol–water partition coefficient (Wildman–Crippen LogP) is 3.04. The van der Waals surface area contributed by atoms with Gasteiger partial charge in [-0.15, -0.1) is 0 Å². The third-order valence-electron chi connectivity index (χ3n) is 2.45. The van der Waals surface area contributed by atoms with Crippen LogP contribution in [-0.2, 0) is 11.2 Å². The molecule has 0 aliphatic carbocycles. The number of hydrogen-bond acceptors (Lipinski definition) is 2. The van der Waals surface area contributed by atoms with Crippen LogP contribution in [0.25, 0.3) is 0 Å². The maximum absolute atomic E-state index is 10.9. The quantitative estimate of drug-likeness (QED) is 0.814. The number of aryl methyl sites for hydroxylation is 1. The Hall–Kier alpha value is -0.830. The van der Waals surface area contributed by atoms with Crippen molar-refractivity contribution in [2.24, 2.45) is 11.8 Å². The molecule has 0 spiro atoms. The lowest BCUT2D eigenvalue weighted by molar-refractivity contribution is -0.143. The van der Waals surface area contributed by atoms with Gasteiger partial charge in [-0.1, -0.05) is 13.8 Å². The van der Waals surface area contributed by atoms with Crippen molar-refractivity contribution < 1.29 is 9.90 Å². The first-order valence-electron chi connectivity index (χ1n) is 4.85. The Morgan fingerprint density at radius 1 is 1.57 bits per heavy atom. The van der Waals surface area contributed by atoms with E-state index in [4.69, 9.17) is 5.11 Å². The van der Waals surface area contributed by atoms with Crippen molar-refractivity contribution in [1.29, 1.82) is 0 Å². The molecular weight excluding hydrogens is 196 g/mol. The minimum absolute atomic E-state index is 0.213. The Morgan fingerprint density at radius 2 is 2.29 bits per heavy atom. The first-order chi connectivity index (χ1) is 6.61. The van der Waals surface area contributed by atoms with Gasteiger partial charge in [0.1, 0.15) is 0 Å². The van der Waals surface area contributed by atoms with Crippen LogP contribution in [0.15, 0.2) is 16.8 Å². The highest BCUT2D eigenvalue weighted by Crippen LogP contribution is 2.19. The van der Waals surface area contributed by atoms with Gasteiger partial charge >= 0.3 is 5.97 Å². The molecule has 0 aromatic carbocycles. The first kappa shape index (κ1) is 11.2. The van der Waals surface area contributed by atoms with Crippen LogP contribution in [0.3, 0.4) is 0 Å². The third kappa shape index (κ3) is 3.14. The van der Waals surface area contributed by atoms with Crippen LogP contribution in [-0.4, -0.2) is 11.1 Å². The van der Waals surface area contributed by atoms with Crippen molar-refractivity contribution in [3.05, 3.63) is 22.4 Å². The number of hydrogen-bond donors (Lipinski definition) is 1. The molecule has 1 N–H and O–H groups in total. The predicted molar refractivity (Wildman–Crippen MR) is 58.6 cm³/mol. The molecule has 1 heterocycles. The molecule has 0 radical (unpaired) electrons. The minimum atomic E-state index is -0.671. The zero-order chi connectivity index (χ0) is 10.6. The standard InChI is InChI=1S/C11H16O2S/c1-8(2)10(11(12)13)4-3-9-5-6-14-7-9/h5-8,10H,3-4H2,1-2H3,(H,12,13). The molecule has 2 nitrogen and oxygen atoms in total. The number of aliphatic carboxylic acids is 1. The van der Waals surface area contributed by atoms with Crippen LogP contribution < -0.4 is 0 Å². The molecule has 0 bridgehead atoms. The zero-order valence-electron chi connectivity index (χ0n) is 8.56. The highest BCUT2D eigenvalue weighted by Gasteiger charge is 2.20. The number of carboxylic acids is 1. The van der Waals surface area contributed by atoms with E-state index in [1.165, 1.54) is 5.56 Å². The molecular formula is C11H16O2S. The molecule has 0 amide bonds. The molecule has 0 saturated carbocycles. The van der Waals surface area contributed by atoms with Crippen LogP contribution in [0.4, 0.5) is 0 Å². The highest BCUT2D eigenvalue weighted by molar-refractivity contribution is 7.07. The van der Waals surface area contributed by atoms with E-state index in [0.29, 0.717) is 0 Å². The molecule has 1 aromatic rings. The van der Waals surface area contributed by atoms with Crippen LogP contribution in [0.1, 0.15) is 25.8 Å². The Balaban J connectivity index is 2.45. The SMILES string of the molecule is CC(C)C(CCc1ccsc1)C(=O)O. The minimum Gasteiger partial charge on any atom is -0.481 e. The van der Waals surface area contributed by atoms with Gasteiger partial charge in [0, 0.05) is 0 Å². The van der Waals surface area contributed by atoms with Gasteiger partial charge in [-0.3, -0.25) is 4.79 Å². The smallest absolute Gasteiger partial charge is 0.306 e. The van der Waals surface area contributed by atoms with E-state index in [0.717, 1.165) is 12.8 Å². The lowest BCUT2D eigenvalue weighted by Crippen LogP contribution is -2.20. The summed E-state index contributed by atoms with van der Waals surface area (Å²) in [6, 6.07) is 2.06. The zero-order valence-corrected chi connectivity index (χ0v) is 9.38. The van der Waals surface area contributed by atoms with Crippen LogP contribution in [0, 0.1) is 11.8 Å². The monoisotopic (exact) mass is 212 g/mol. The van der Waals surface area contributed by atoms with Crippen molar-refractivity contribution in [2.45, 2.75) is 26.7 Å². The van der Waals surface area contributed by atoms with E-state index in [9.17, 15) is 4.79 Å². The Kier molecular flexibility index (Phi) is 4.14. The molecule has 1 atom stereocenters. The van der Waals surface area contributed by atoms with Gasteiger partial charge in [0.25, 0.3) is 0 Å². The number of carboxylic acid groups (broad SMARTS) is 1. The van der Waals surface area contributed by atoms with Crippen molar-refractivity contribution in [2.75, 3.05) is 0 Å². The first-order valence-corrected chi connectivity index (χ1v) is 5.79. The summed E-state index contributed by atoms with van der Waals surface area (Å²) in [7, 11) is 0. The fourth-order valence-corrected chi connectivity index (χ4v) is 2.20. The lowest BCUT2D eigenvalue weighted by Gasteiger charge is -2.15. The number of rotatable bonds is 5. The van der Waals surface area contributed by atoms with Gasteiger partial charge in [-0.05, 0) is 41.1 Å². The Morgan fingerprint density at radius 3 is 2.71 bits per heavy atom. The second-order valence-electron chi connectivity index (χ2n) is 3.86. The average Bonchev–Trinajstić information content (AvgIpc) is 2.55. The summed E-state index contributed by atoms with van der Waals surface area (Å²) in [4.78, 5) is 10.9. The number of thiophene rings is 1. The van der Waals surface area contributed by atoms with E-state index in [2.05, 4.69) is 11.4 Å². The molecule has 1 aromatic heterocycles. The second kappa shape index (κ2) is 5.15. The van der Waals surface area contributed by atoms with Crippen molar-refractivity contribution in [3.8, 4) is 0 Å². The van der Waals surface area contributed by atoms with Crippen molar-refractivity contribution in [1.82, 2.24) is 0 Å². The van der Waals surface area contributed by atoms with E-state index in [1.54, 1.807) is 11.3 Å². The summed E-state index contributed by atoms with van der Waals surface area (Å²) in [5, 5.41) is 13.1. The summed E-state index contributed by atoms with van der Waals surface area (Å²) in [6.07, 6.45) is 1.61. The summed E-state index contributed by atoms with van der Waals surface area (Å²) in [5.41, 5.74) is 1.25. The lowest BCUT2D eigenvalue weighted by atomic mass is 9.90. The molecule has 1 rings (SSSR count). The molecule has 3 heteroatoms. The topological polar surface area (TPSA) is 37.3 Å². The second-order valence-corrected chi connectivity index (χ2v) is 4.64. The van der Waals surface area contributed by atoms with Crippen molar-refractivity contribution in [3.63, 3.8) is 0 Å². The van der Waals surface area contributed by atoms with Crippen LogP contribution >= 0.6 is 11.3 Å². The fraction of sp³-hybridized carbons (Fsp3) is 0.545. The maximum Gasteiger partial charge on any atom is 0.306 e. The fourth-order valence-electron chi connectivity index (χ4n) is 1.50. The van der Waals surface area contributed by atoms with Gasteiger partial charge in [0.05, 0.1) is 5.92 Å². The molecule has 0 aliphatic heterocycles. The van der Waals surface area contributed by atoms with E-state index in [1.807, 2.05) is 19.2 Å². The van der Waals surface area contributed by atoms with E-state index in [-0.39, 0.29) is 11.8 Å². The molecule has 0 fully saturated rings. The highest BCUT2D eigenvalue weighted by atomic mass is 32.1. The Bertz CT molecular complexity index is 277. The summed E-state index contributed by atoms with van der Waals surface area (Å²) in [5.74, 6) is -0.670. The normalized spacial score (nSPS) is 13.1. The summed E-state index contributed by atoms with van der Waals surface area (Å²) in [6.45, 7) is 3.93.